The van der Waals surface area contributed by atoms with Gasteiger partial charge in [0.2, 0.25) is 0 Å². The van der Waals surface area contributed by atoms with Crippen LogP contribution in [0.15, 0.2) is 18.2 Å². The summed E-state index contributed by atoms with van der Waals surface area (Å²) in [6.07, 6.45) is 0.786. The van der Waals surface area contributed by atoms with Crippen molar-refractivity contribution in [1.82, 2.24) is 5.32 Å². The first-order valence-electron chi connectivity index (χ1n) is 5.24. The van der Waals surface area contributed by atoms with Gasteiger partial charge in [0.1, 0.15) is 5.82 Å². The molecule has 0 aliphatic carbocycles. The van der Waals surface area contributed by atoms with E-state index in [4.69, 9.17) is 10.4 Å². The molecule has 0 amide bonds. The van der Waals surface area contributed by atoms with Gasteiger partial charge < -0.3 is 10.4 Å². The van der Waals surface area contributed by atoms with Crippen molar-refractivity contribution in [2.75, 3.05) is 6.61 Å². The maximum absolute atomic E-state index is 13.4. The van der Waals surface area contributed by atoms with Crippen molar-refractivity contribution in [3.63, 3.8) is 0 Å². The fraction of sp³-hybridized carbons (Fsp3) is 0.417. The molecule has 0 aromatic heterocycles. The highest BCUT2D eigenvalue weighted by molar-refractivity contribution is 5.32. The Morgan fingerprint density at radius 1 is 1.56 bits per heavy atom. The molecule has 16 heavy (non-hydrogen) atoms. The molecule has 2 N–H and O–H groups in total. The van der Waals surface area contributed by atoms with Gasteiger partial charge in [0.15, 0.2) is 0 Å². The molecule has 0 saturated heterocycles. The minimum atomic E-state index is -0.389. The van der Waals surface area contributed by atoms with Gasteiger partial charge in [-0.2, -0.15) is 5.26 Å². The summed E-state index contributed by atoms with van der Waals surface area (Å²) in [6.45, 7) is 2.34. The third-order valence-electron chi connectivity index (χ3n) is 2.48. The van der Waals surface area contributed by atoms with Crippen LogP contribution in [-0.4, -0.2) is 17.8 Å². The van der Waals surface area contributed by atoms with Crippen molar-refractivity contribution in [3.05, 3.63) is 35.1 Å². The molecule has 0 spiro atoms. The lowest BCUT2D eigenvalue weighted by molar-refractivity contribution is 0.238. The van der Waals surface area contributed by atoms with Crippen LogP contribution in [0.5, 0.6) is 0 Å². The lowest BCUT2D eigenvalue weighted by Crippen LogP contribution is -2.31. The summed E-state index contributed by atoms with van der Waals surface area (Å²) >= 11 is 0. The summed E-state index contributed by atoms with van der Waals surface area (Å²) in [6, 6.07) is 6.25. The van der Waals surface area contributed by atoms with Gasteiger partial charge in [0, 0.05) is 18.2 Å². The van der Waals surface area contributed by atoms with E-state index in [1.165, 1.54) is 6.07 Å². The van der Waals surface area contributed by atoms with E-state index in [-0.39, 0.29) is 18.5 Å². The highest BCUT2D eigenvalue weighted by Gasteiger charge is 2.07. The second-order valence-corrected chi connectivity index (χ2v) is 3.59. The van der Waals surface area contributed by atoms with E-state index in [2.05, 4.69) is 5.32 Å². The van der Waals surface area contributed by atoms with Crippen LogP contribution < -0.4 is 5.32 Å². The van der Waals surface area contributed by atoms with Crippen molar-refractivity contribution in [2.24, 2.45) is 0 Å². The molecule has 0 fully saturated rings. The van der Waals surface area contributed by atoms with Crippen molar-refractivity contribution < 1.29 is 9.50 Å². The monoisotopic (exact) mass is 222 g/mol. The van der Waals surface area contributed by atoms with Gasteiger partial charge in [-0.15, -0.1) is 0 Å². The van der Waals surface area contributed by atoms with Crippen LogP contribution >= 0.6 is 0 Å². The number of nitriles is 1. The first kappa shape index (κ1) is 12.6. The maximum Gasteiger partial charge on any atom is 0.129 e. The quantitative estimate of drug-likeness (QED) is 0.794. The summed E-state index contributed by atoms with van der Waals surface area (Å²) in [5.74, 6) is -0.389. The summed E-state index contributed by atoms with van der Waals surface area (Å²) in [7, 11) is 0. The minimum Gasteiger partial charge on any atom is -0.395 e. The van der Waals surface area contributed by atoms with Gasteiger partial charge in [-0.1, -0.05) is 13.0 Å². The SMILES string of the molecule is CCC(CO)NCc1ccc(C#N)cc1F. The van der Waals surface area contributed by atoms with Gasteiger partial charge in [0.25, 0.3) is 0 Å². The maximum atomic E-state index is 13.4. The Morgan fingerprint density at radius 3 is 2.81 bits per heavy atom. The third-order valence-corrected chi connectivity index (χ3v) is 2.48. The zero-order chi connectivity index (χ0) is 12.0. The van der Waals surface area contributed by atoms with Gasteiger partial charge in [-0.25, -0.2) is 4.39 Å². The highest BCUT2D eigenvalue weighted by atomic mass is 19.1. The van der Waals surface area contributed by atoms with Crippen LogP contribution in [0, 0.1) is 17.1 Å². The Balaban J connectivity index is 2.65. The first-order chi connectivity index (χ1) is 7.71. The van der Waals surface area contributed by atoms with E-state index in [1.54, 1.807) is 12.1 Å². The van der Waals surface area contributed by atoms with Gasteiger partial charge in [0.05, 0.1) is 18.2 Å². The molecule has 0 aliphatic heterocycles. The lowest BCUT2D eigenvalue weighted by Gasteiger charge is -2.14. The lowest BCUT2D eigenvalue weighted by atomic mass is 10.1. The Kier molecular flexibility index (Phi) is 4.90. The molecule has 0 saturated carbocycles. The largest absolute Gasteiger partial charge is 0.395 e. The number of halogens is 1. The van der Waals surface area contributed by atoms with E-state index in [0.29, 0.717) is 17.7 Å². The van der Waals surface area contributed by atoms with E-state index in [9.17, 15) is 4.39 Å². The molecule has 0 bridgehead atoms. The zero-order valence-corrected chi connectivity index (χ0v) is 9.20. The summed E-state index contributed by atoms with van der Waals surface area (Å²) < 4.78 is 13.4. The van der Waals surface area contributed by atoms with E-state index < -0.39 is 0 Å². The predicted octanol–water partition coefficient (Wildman–Crippen LogP) is 1.56. The van der Waals surface area contributed by atoms with Gasteiger partial charge in [-0.05, 0) is 18.6 Å². The zero-order valence-electron chi connectivity index (χ0n) is 9.20. The summed E-state index contributed by atoms with van der Waals surface area (Å²) in [4.78, 5) is 0. The van der Waals surface area contributed by atoms with Crippen LogP contribution in [0.1, 0.15) is 24.5 Å². The summed E-state index contributed by atoms with van der Waals surface area (Å²) in [5, 5.41) is 20.6. The van der Waals surface area contributed by atoms with Crippen LogP contribution in [0.25, 0.3) is 0 Å². The molecule has 1 aromatic carbocycles. The Morgan fingerprint density at radius 2 is 2.31 bits per heavy atom. The van der Waals surface area contributed by atoms with Crippen LogP contribution in [0.4, 0.5) is 4.39 Å². The molecule has 3 nitrogen and oxygen atoms in total. The number of hydrogen-bond donors (Lipinski definition) is 2. The second-order valence-electron chi connectivity index (χ2n) is 3.59. The number of nitrogens with zero attached hydrogens (tertiary/aromatic N) is 1. The smallest absolute Gasteiger partial charge is 0.129 e. The van der Waals surface area contributed by atoms with Crippen molar-refractivity contribution in [2.45, 2.75) is 25.9 Å². The number of benzene rings is 1. The molecule has 1 aromatic rings. The molecule has 1 rings (SSSR count). The van der Waals surface area contributed by atoms with E-state index in [1.807, 2.05) is 13.0 Å². The fourth-order valence-corrected chi connectivity index (χ4v) is 1.35. The van der Waals surface area contributed by atoms with Crippen LogP contribution in [0.2, 0.25) is 0 Å². The Hall–Kier alpha value is -1.44. The molecule has 86 valence electrons. The molecule has 1 atom stereocenters. The van der Waals surface area contributed by atoms with Crippen LogP contribution in [0.3, 0.4) is 0 Å². The minimum absolute atomic E-state index is 0.0185. The van der Waals surface area contributed by atoms with E-state index >= 15 is 0 Å². The average Bonchev–Trinajstić information content (AvgIpc) is 2.32. The van der Waals surface area contributed by atoms with Crippen LogP contribution in [-0.2, 0) is 6.54 Å². The number of hydrogen-bond acceptors (Lipinski definition) is 3. The first-order valence-corrected chi connectivity index (χ1v) is 5.24. The highest BCUT2D eigenvalue weighted by Crippen LogP contribution is 2.10. The van der Waals surface area contributed by atoms with Crippen molar-refractivity contribution in [3.8, 4) is 6.07 Å². The average molecular weight is 222 g/mol. The topological polar surface area (TPSA) is 56.0 Å². The molecule has 1 unspecified atom stereocenters. The Labute approximate surface area is 94.5 Å². The number of aliphatic hydroxyl groups excluding tert-OH is 1. The van der Waals surface area contributed by atoms with E-state index in [0.717, 1.165) is 6.42 Å². The molecule has 0 aliphatic rings. The molecule has 4 heteroatoms. The standard InChI is InChI=1S/C12H15FN2O/c1-2-11(8-16)15-7-10-4-3-9(6-14)5-12(10)13/h3-5,11,15-16H,2,7-8H2,1H3. The van der Waals surface area contributed by atoms with Crippen molar-refractivity contribution in [1.29, 1.82) is 5.26 Å². The number of rotatable bonds is 5. The molecule has 0 heterocycles. The Bertz CT molecular complexity index is 383. The predicted molar refractivity (Wildman–Crippen MR) is 59.1 cm³/mol. The third kappa shape index (κ3) is 3.30. The number of nitrogens with one attached hydrogen (secondary N) is 1. The molecule has 0 radical (unpaired) electrons. The van der Waals surface area contributed by atoms with Gasteiger partial charge >= 0.3 is 0 Å². The number of aliphatic hydroxyl groups is 1. The van der Waals surface area contributed by atoms with Crippen molar-refractivity contribution >= 4 is 0 Å². The van der Waals surface area contributed by atoms with Gasteiger partial charge in [-0.3, -0.25) is 0 Å². The summed E-state index contributed by atoms with van der Waals surface area (Å²) in [5.41, 5.74) is 0.821. The fourth-order valence-electron chi connectivity index (χ4n) is 1.35. The molecular formula is C12H15FN2O. The second kappa shape index (κ2) is 6.21. The normalized spacial score (nSPS) is 12.1. The molecular weight excluding hydrogens is 207 g/mol.